The van der Waals surface area contributed by atoms with Crippen LogP contribution >= 0.6 is 0 Å². The van der Waals surface area contributed by atoms with Crippen LogP contribution in [0.2, 0.25) is 0 Å². The van der Waals surface area contributed by atoms with E-state index in [1.165, 1.54) is 26.4 Å². The third-order valence-corrected chi connectivity index (χ3v) is 3.21. The first kappa shape index (κ1) is 13.8. The van der Waals surface area contributed by atoms with Crippen molar-refractivity contribution in [2.45, 2.75) is 11.8 Å². The third-order valence-electron chi connectivity index (χ3n) is 1.97. The summed E-state index contributed by atoms with van der Waals surface area (Å²) in [6.07, 6.45) is 0. The van der Waals surface area contributed by atoms with E-state index in [4.69, 9.17) is 14.3 Å². The molecule has 0 fully saturated rings. The highest BCUT2D eigenvalue weighted by Crippen LogP contribution is 2.27. The van der Waals surface area contributed by atoms with E-state index in [9.17, 15) is 8.42 Å². The van der Waals surface area contributed by atoms with Crippen molar-refractivity contribution in [2.24, 2.45) is 0 Å². The SMILES string of the molecule is CCONS(=O)(=O)c1cc(OC)ccc1OC. The number of rotatable bonds is 6. The Hall–Kier alpha value is -1.31. The van der Waals surface area contributed by atoms with Crippen molar-refractivity contribution in [2.75, 3.05) is 20.8 Å². The van der Waals surface area contributed by atoms with Gasteiger partial charge >= 0.3 is 0 Å². The number of hydrogen-bond donors (Lipinski definition) is 1. The van der Waals surface area contributed by atoms with Crippen LogP contribution in [0.5, 0.6) is 11.5 Å². The summed E-state index contributed by atoms with van der Waals surface area (Å²) < 4.78 is 33.7. The first-order chi connectivity index (χ1) is 8.05. The van der Waals surface area contributed by atoms with Gasteiger partial charge in [0.1, 0.15) is 16.4 Å². The maximum absolute atomic E-state index is 11.9. The van der Waals surface area contributed by atoms with Gasteiger partial charge in [-0.05, 0) is 19.1 Å². The average molecular weight is 261 g/mol. The standard InChI is InChI=1S/C10H15NO5S/c1-4-16-11-17(12,13)10-7-8(14-2)5-6-9(10)15-3/h5-7,11H,4H2,1-3H3. The van der Waals surface area contributed by atoms with Crippen LogP contribution in [0.25, 0.3) is 0 Å². The topological polar surface area (TPSA) is 73.9 Å². The zero-order valence-corrected chi connectivity index (χ0v) is 10.7. The third kappa shape index (κ3) is 3.32. The minimum atomic E-state index is -3.77. The molecule has 0 aliphatic carbocycles. The Morgan fingerprint density at radius 3 is 2.47 bits per heavy atom. The molecule has 6 nitrogen and oxygen atoms in total. The van der Waals surface area contributed by atoms with Crippen LogP contribution in [0, 0.1) is 0 Å². The molecule has 0 heterocycles. The molecule has 1 aromatic rings. The number of benzene rings is 1. The molecule has 7 heteroatoms. The Kier molecular flexibility index (Phi) is 4.73. The maximum atomic E-state index is 11.9. The summed E-state index contributed by atoms with van der Waals surface area (Å²) in [6, 6.07) is 4.48. The lowest BCUT2D eigenvalue weighted by molar-refractivity contribution is 0.105. The zero-order valence-electron chi connectivity index (χ0n) is 9.89. The maximum Gasteiger partial charge on any atom is 0.266 e. The van der Waals surface area contributed by atoms with Crippen molar-refractivity contribution in [1.29, 1.82) is 0 Å². The second kappa shape index (κ2) is 5.85. The van der Waals surface area contributed by atoms with Gasteiger partial charge in [-0.1, -0.05) is 4.89 Å². The molecule has 0 atom stereocenters. The van der Waals surface area contributed by atoms with E-state index in [1.807, 2.05) is 4.89 Å². The molecule has 1 aromatic carbocycles. The van der Waals surface area contributed by atoms with Gasteiger partial charge in [-0.3, -0.25) is 4.84 Å². The van der Waals surface area contributed by atoms with Gasteiger partial charge in [-0.2, -0.15) is 0 Å². The lowest BCUT2D eigenvalue weighted by Gasteiger charge is -2.11. The Balaban J connectivity index is 3.17. The van der Waals surface area contributed by atoms with Crippen molar-refractivity contribution < 1.29 is 22.7 Å². The molecule has 1 rings (SSSR count). The molecule has 0 bridgehead atoms. The predicted octanol–water partition coefficient (Wildman–Crippen LogP) is 0.934. The van der Waals surface area contributed by atoms with E-state index in [-0.39, 0.29) is 17.3 Å². The minimum absolute atomic E-state index is 0.0344. The molecule has 0 aromatic heterocycles. The van der Waals surface area contributed by atoms with Gasteiger partial charge in [0, 0.05) is 6.07 Å². The van der Waals surface area contributed by atoms with Crippen LogP contribution < -0.4 is 14.4 Å². The van der Waals surface area contributed by atoms with Crippen LogP contribution in [0.1, 0.15) is 6.92 Å². The summed E-state index contributed by atoms with van der Waals surface area (Å²) in [5.74, 6) is 0.640. The first-order valence-electron chi connectivity index (χ1n) is 4.90. The summed E-state index contributed by atoms with van der Waals surface area (Å²) in [5.41, 5.74) is 0. The van der Waals surface area contributed by atoms with Gasteiger partial charge in [0.2, 0.25) is 0 Å². The lowest BCUT2D eigenvalue weighted by atomic mass is 10.3. The molecule has 0 amide bonds. The Labute approximate surface area is 100 Å². The molecule has 0 aliphatic rings. The van der Waals surface area contributed by atoms with Crippen molar-refractivity contribution in [3.05, 3.63) is 18.2 Å². The van der Waals surface area contributed by atoms with Crippen LogP contribution in [-0.2, 0) is 14.9 Å². The number of hydrogen-bond acceptors (Lipinski definition) is 5. The number of ether oxygens (including phenoxy) is 2. The van der Waals surface area contributed by atoms with Crippen LogP contribution in [0.3, 0.4) is 0 Å². The Morgan fingerprint density at radius 1 is 1.24 bits per heavy atom. The van der Waals surface area contributed by atoms with E-state index < -0.39 is 10.0 Å². The highest BCUT2D eigenvalue weighted by molar-refractivity contribution is 7.89. The van der Waals surface area contributed by atoms with Crippen molar-refractivity contribution in [3.63, 3.8) is 0 Å². The van der Waals surface area contributed by atoms with Crippen molar-refractivity contribution in [3.8, 4) is 11.5 Å². The minimum Gasteiger partial charge on any atom is -0.497 e. The Morgan fingerprint density at radius 2 is 1.94 bits per heavy atom. The largest absolute Gasteiger partial charge is 0.497 e. The quantitative estimate of drug-likeness (QED) is 0.771. The smallest absolute Gasteiger partial charge is 0.266 e. The normalized spacial score (nSPS) is 11.2. The van der Waals surface area contributed by atoms with Gasteiger partial charge in [0.25, 0.3) is 10.0 Å². The van der Waals surface area contributed by atoms with E-state index in [0.717, 1.165) is 0 Å². The van der Waals surface area contributed by atoms with E-state index in [2.05, 4.69) is 0 Å². The first-order valence-corrected chi connectivity index (χ1v) is 6.39. The molecule has 17 heavy (non-hydrogen) atoms. The molecule has 1 N–H and O–H groups in total. The van der Waals surface area contributed by atoms with Crippen LogP contribution in [0.15, 0.2) is 23.1 Å². The van der Waals surface area contributed by atoms with Crippen molar-refractivity contribution >= 4 is 10.0 Å². The number of nitrogens with one attached hydrogen (secondary N) is 1. The number of methoxy groups -OCH3 is 2. The molecule has 0 radical (unpaired) electrons. The summed E-state index contributed by atoms with van der Waals surface area (Å²) in [6.45, 7) is 1.90. The summed E-state index contributed by atoms with van der Waals surface area (Å²) >= 11 is 0. The van der Waals surface area contributed by atoms with Gasteiger partial charge in [-0.25, -0.2) is 8.42 Å². The molecule has 0 saturated heterocycles. The Bertz CT molecular complexity index is 472. The monoisotopic (exact) mass is 261 g/mol. The zero-order chi connectivity index (χ0) is 12.9. The second-order valence-electron chi connectivity index (χ2n) is 3.04. The average Bonchev–Trinajstić information content (AvgIpc) is 2.35. The van der Waals surface area contributed by atoms with Crippen LogP contribution in [0.4, 0.5) is 0 Å². The number of sulfonamides is 1. The molecular weight excluding hydrogens is 246 g/mol. The summed E-state index contributed by atoms with van der Waals surface area (Å²) in [5, 5.41) is 0. The van der Waals surface area contributed by atoms with Gasteiger partial charge in [0.05, 0.1) is 20.8 Å². The molecule has 0 saturated carbocycles. The fraction of sp³-hybridized carbons (Fsp3) is 0.400. The highest BCUT2D eigenvalue weighted by atomic mass is 32.2. The molecular formula is C10H15NO5S. The molecule has 0 spiro atoms. The predicted molar refractivity (Wildman–Crippen MR) is 61.5 cm³/mol. The summed E-state index contributed by atoms with van der Waals surface area (Å²) in [4.78, 5) is 6.64. The summed E-state index contributed by atoms with van der Waals surface area (Å²) in [7, 11) is -0.932. The lowest BCUT2D eigenvalue weighted by Crippen LogP contribution is -2.24. The molecule has 96 valence electrons. The van der Waals surface area contributed by atoms with E-state index >= 15 is 0 Å². The van der Waals surface area contributed by atoms with Gasteiger partial charge in [-0.15, -0.1) is 0 Å². The fourth-order valence-corrected chi connectivity index (χ4v) is 2.23. The van der Waals surface area contributed by atoms with Gasteiger partial charge in [0.15, 0.2) is 0 Å². The van der Waals surface area contributed by atoms with Crippen LogP contribution in [-0.4, -0.2) is 29.2 Å². The van der Waals surface area contributed by atoms with E-state index in [1.54, 1.807) is 13.0 Å². The highest BCUT2D eigenvalue weighted by Gasteiger charge is 2.20. The second-order valence-corrected chi connectivity index (χ2v) is 4.65. The fourth-order valence-electron chi connectivity index (χ4n) is 1.18. The van der Waals surface area contributed by atoms with Crippen molar-refractivity contribution in [1.82, 2.24) is 4.89 Å². The molecule has 0 unspecified atom stereocenters. The van der Waals surface area contributed by atoms with Gasteiger partial charge < -0.3 is 9.47 Å². The van der Waals surface area contributed by atoms with E-state index in [0.29, 0.717) is 5.75 Å². The molecule has 0 aliphatic heterocycles.